The van der Waals surface area contributed by atoms with Gasteiger partial charge in [-0.1, -0.05) is 18.2 Å². The van der Waals surface area contributed by atoms with Crippen molar-refractivity contribution in [3.05, 3.63) is 42.0 Å². The molecule has 1 aromatic heterocycles. The molecular formula is C16H16FN3O2. The summed E-state index contributed by atoms with van der Waals surface area (Å²) in [7, 11) is 0. The first-order valence-electron chi connectivity index (χ1n) is 7.16. The Labute approximate surface area is 127 Å². The van der Waals surface area contributed by atoms with Crippen molar-refractivity contribution in [2.45, 2.75) is 19.4 Å². The molecule has 3 rings (SSSR count). The summed E-state index contributed by atoms with van der Waals surface area (Å²) in [4.78, 5) is 21.7. The van der Waals surface area contributed by atoms with E-state index in [1.54, 1.807) is 30.6 Å². The summed E-state index contributed by atoms with van der Waals surface area (Å²) in [6.45, 7) is 0.888. The van der Waals surface area contributed by atoms with Gasteiger partial charge in [0.25, 0.3) is 0 Å². The molecule has 0 saturated carbocycles. The fraction of sp³-hybridized carbons (Fsp3) is 0.312. The van der Waals surface area contributed by atoms with Crippen LogP contribution in [0.5, 0.6) is 0 Å². The molecule has 0 atom stereocenters. The van der Waals surface area contributed by atoms with Crippen molar-refractivity contribution >= 4 is 11.7 Å². The summed E-state index contributed by atoms with van der Waals surface area (Å²) in [5.41, 5.74) is 1.17. The lowest BCUT2D eigenvalue weighted by atomic mass is 10.1. The van der Waals surface area contributed by atoms with Crippen molar-refractivity contribution in [2.75, 3.05) is 18.0 Å². The van der Waals surface area contributed by atoms with Gasteiger partial charge >= 0.3 is 0 Å². The van der Waals surface area contributed by atoms with Gasteiger partial charge in [-0.3, -0.25) is 4.79 Å². The highest BCUT2D eigenvalue weighted by Crippen LogP contribution is 2.25. The molecule has 0 unspecified atom stereocenters. The third-order valence-corrected chi connectivity index (χ3v) is 3.80. The topological polar surface area (TPSA) is 66.3 Å². The normalized spacial score (nSPS) is 15.2. The molecule has 0 bridgehead atoms. The Bertz CT molecular complexity index is 678. The number of Topliss-reactive ketones (excluding diaryl/α,β-unsaturated/α-hetero) is 1. The highest BCUT2D eigenvalue weighted by Gasteiger charge is 2.18. The van der Waals surface area contributed by atoms with Crippen molar-refractivity contribution in [1.29, 1.82) is 0 Å². The molecule has 0 radical (unpaired) electrons. The lowest BCUT2D eigenvalue weighted by Crippen LogP contribution is -2.34. The van der Waals surface area contributed by atoms with Crippen LogP contribution in [-0.4, -0.2) is 33.9 Å². The van der Waals surface area contributed by atoms with Crippen LogP contribution >= 0.6 is 0 Å². The van der Waals surface area contributed by atoms with Crippen LogP contribution in [0.25, 0.3) is 11.1 Å². The Hall–Kier alpha value is -2.34. The number of carbonyl (C=O) groups is 1. The molecule has 2 heterocycles. The lowest BCUT2D eigenvalue weighted by molar-refractivity contribution is -0.119. The van der Waals surface area contributed by atoms with E-state index in [0.717, 1.165) is 0 Å². The van der Waals surface area contributed by atoms with Crippen LogP contribution in [0.3, 0.4) is 0 Å². The second-order valence-electron chi connectivity index (χ2n) is 5.23. The molecule has 1 saturated heterocycles. The Balaban J connectivity index is 1.84. The molecule has 0 aliphatic carbocycles. The van der Waals surface area contributed by atoms with Gasteiger partial charge in [-0.25, -0.2) is 14.4 Å². The number of halogens is 1. The molecule has 0 amide bonds. The van der Waals surface area contributed by atoms with Crippen molar-refractivity contribution in [1.82, 2.24) is 9.97 Å². The number of rotatable bonds is 3. The van der Waals surface area contributed by atoms with E-state index in [0.29, 0.717) is 43.0 Å². The number of hydrogen-bond donors (Lipinski definition) is 1. The Kier molecular flexibility index (Phi) is 4.11. The van der Waals surface area contributed by atoms with Crippen molar-refractivity contribution in [2.24, 2.45) is 0 Å². The fourth-order valence-electron chi connectivity index (χ4n) is 2.50. The number of piperidine rings is 1. The molecule has 1 aliphatic heterocycles. The third kappa shape index (κ3) is 2.82. The molecule has 6 heteroatoms. The van der Waals surface area contributed by atoms with E-state index in [-0.39, 0.29) is 18.0 Å². The van der Waals surface area contributed by atoms with Gasteiger partial charge in [-0.05, 0) is 0 Å². The minimum absolute atomic E-state index is 0.246. The van der Waals surface area contributed by atoms with E-state index < -0.39 is 5.82 Å². The zero-order chi connectivity index (χ0) is 15.5. The Morgan fingerprint density at radius 1 is 1.18 bits per heavy atom. The van der Waals surface area contributed by atoms with Gasteiger partial charge in [0.1, 0.15) is 11.6 Å². The first-order valence-corrected chi connectivity index (χ1v) is 7.16. The van der Waals surface area contributed by atoms with Crippen molar-refractivity contribution < 1.29 is 14.3 Å². The molecule has 1 N–H and O–H groups in total. The van der Waals surface area contributed by atoms with E-state index in [1.807, 2.05) is 4.90 Å². The number of hydrogen-bond acceptors (Lipinski definition) is 5. The maximum absolute atomic E-state index is 14.2. The molecule has 114 valence electrons. The summed E-state index contributed by atoms with van der Waals surface area (Å²) in [6, 6.07) is 4.86. The molecule has 2 aromatic rings. The lowest BCUT2D eigenvalue weighted by Gasteiger charge is -2.25. The maximum atomic E-state index is 14.2. The number of aromatic nitrogens is 2. The third-order valence-electron chi connectivity index (χ3n) is 3.80. The zero-order valence-electron chi connectivity index (χ0n) is 12.0. The van der Waals surface area contributed by atoms with Gasteiger partial charge in [-0.2, -0.15) is 0 Å². The van der Waals surface area contributed by atoms with Crippen LogP contribution in [0.2, 0.25) is 0 Å². The second-order valence-corrected chi connectivity index (χ2v) is 5.23. The SMILES string of the molecule is O=C1CCN(c2ncc(-c3cccc(CO)c3F)cn2)CC1. The second kappa shape index (κ2) is 6.19. The molecule has 0 spiro atoms. The standard InChI is InChI=1S/C16H16FN3O2/c17-15-11(10-21)2-1-3-14(15)12-8-18-16(19-9-12)20-6-4-13(22)5-7-20/h1-3,8-9,21H,4-7,10H2. The number of benzene rings is 1. The van der Waals surface area contributed by atoms with Crippen molar-refractivity contribution in [3.8, 4) is 11.1 Å². The summed E-state index contributed by atoms with van der Waals surface area (Å²) in [6.07, 6.45) is 4.16. The summed E-state index contributed by atoms with van der Waals surface area (Å²) in [5, 5.41) is 9.12. The monoisotopic (exact) mass is 301 g/mol. The van der Waals surface area contributed by atoms with Gasteiger partial charge in [0, 0.05) is 55.0 Å². The summed E-state index contributed by atoms with van der Waals surface area (Å²) >= 11 is 0. The van der Waals surface area contributed by atoms with E-state index in [1.165, 1.54) is 0 Å². The van der Waals surface area contributed by atoms with Gasteiger partial charge < -0.3 is 10.0 Å². The van der Waals surface area contributed by atoms with Crippen LogP contribution in [-0.2, 0) is 11.4 Å². The summed E-state index contributed by atoms with van der Waals surface area (Å²) in [5.74, 6) is 0.357. The highest BCUT2D eigenvalue weighted by atomic mass is 19.1. The van der Waals surface area contributed by atoms with E-state index >= 15 is 0 Å². The highest BCUT2D eigenvalue weighted by molar-refractivity contribution is 5.80. The number of carbonyl (C=O) groups excluding carboxylic acids is 1. The molecule has 1 aromatic carbocycles. The van der Waals surface area contributed by atoms with Gasteiger partial charge in [0.2, 0.25) is 5.95 Å². The predicted molar refractivity (Wildman–Crippen MR) is 79.8 cm³/mol. The number of anilines is 1. The predicted octanol–water partition coefficient (Wildman–Crippen LogP) is 1.94. The maximum Gasteiger partial charge on any atom is 0.225 e. The molecule has 22 heavy (non-hydrogen) atoms. The number of nitrogens with zero attached hydrogens (tertiary/aromatic N) is 3. The average molecular weight is 301 g/mol. The molecule has 1 fully saturated rings. The van der Waals surface area contributed by atoms with Crippen LogP contribution < -0.4 is 4.90 Å². The number of aliphatic hydroxyl groups excluding tert-OH is 1. The van der Waals surface area contributed by atoms with Crippen LogP contribution in [0.4, 0.5) is 10.3 Å². The van der Waals surface area contributed by atoms with Crippen LogP contribution in [0.1, 0.15) is 18.4 Å². The van der Waals surface area contributed by atoms with E-state index in [9.17, 15) is 9.18 Å². The minimum Gasteiger partial charge on any atom is -0.392 e. The van der Waals surface area contributed by atoms with Crippen LogP contribution in [0.15, 0.2) is 30.6 Å². The van der Waals surface area contributed by atoms with Gasteiger partial charge in [0.15, 0.2) is 0 Å². The fourth-order valence-corrected chi connectivity index (χ4v) is 2.50. The van der Waals surface area contributed by atoms with E-state index in [4.69, 9.17) is 5.11 Å². The first-order chi connectivity index (χ1) is 10.7. The molecule has 5 nitrogen and oxygen atoms in total. The van der Waals surface area contributed by atoms with Crippen molar-refractivity contribution in [3.63, 3.8) is 0 Å². The van der Waals surface area contributed by atoms with E-state index in [2.05, 4.69) is 9.97 Å². The van der Waals surface area contributed by atoms with Crippen LogP contribution in [0, 0.1) is 5.82 Å². The Morgan fingerprint density at radius 3 is 2.50 bits per heavy atom. The van der Waals surface area contributed by atoms with Gasteiger partial charge in [-0.15, -0.1) is 0 Å². The number of ketones is 1. The Morgan fingerprint density at radius 2 is 1.86 bits per heavy atom. The van der Waals surface area contributed by atoms with Gasteiger partial charge in [0.05, 0.1) is 6.61 Å². The first kappa shape index (κ1) is 14.6. The largest absolute Gasteiger partial charge is 0.392 e. The average Bonchev–Trinajstić information content (AvgIpc) is 2.56. The minimum atomic E-state index is -0.454. The zero-order valence-corrected chi connectivity index (χ0v) is 12.0. The molecule has 1 aliphatic rings. The quantitative estimate of drug-likeness (QED) is 0.938. The smallest absolute Gasteiger partial charge is 0.225 e. The molecular weight excluding hydrogens is 285 g/mol. The number of aliphatic hydroxyl groups is 1. The summed E-state index contributed by atoms with van der Waals surface area (Å²) < 4.78 is 14.2.